The third-order valence-corrected chi connectivity index (χ3v) is 3.04. The first-order valence-electron chi connectivity index (χ1n) is 4.09. The predicted molar refractivity (Wildman–Crippen MR) is 56.6 cm³/mol. The molecule has 0 bridgehead atoms. The molecule has 2 aromatic heterocycles. The first-order valence-corrected chi connectivity index (χ1v) is 5.34. The van der Waals surface area contributed by atoms with Crippen LogP contribution < -0.4 is 5.73 Å². The van der Waals surface area contributed by atoms with Crippen molar-refractivity contribution in [2.24, 2.45) is 5.73 Å². The Morgan fingerprint density at radius 2 is 2.43 bits per heavy atom. The Labute approximate surface area is 90.5 Å². The molecule has 0 amide bonds. The van der Waals surface area contributed by atoms with Crippen LogP contribution in [0.1, 0.15) is 22.3 Å². The van der Waals surface area contributed by atoms with Gasteiger partial charge in [0.2, 0.25) is 0 Å². The molecule has 3 nitrogen and oxygen atoms in total. The summed E-state index contributed by atoms with van der Waals surface area (Å²) in [5.74, 6) is 0. The van der Waals surface area contributed by atoms with Crippen LogP contribution in [-0.2, 0) is 0 Å². The molecule has 0 aliphatic heterocycles. The second-order valence-electron chi connectivity index (χ2n) is 2.92. The Bertz CT molecular complexity index is 437. The Balaban J connectivity index is 2.33. The molecule has 14 heavy (non-hydrogen) atoms. The number of thiazole rings is 1. The van der Waals surface area contributed by atoms with Crippen LogP contribution in [0.25, 0.3) is 0 Å². The van der Waals surface area contributed by atoms with Crippen LogP contribution in [-0.4, -0.2) is 4.98 Å². The van der Waals surface area contributed by atoms with Crippen molar-refractivity contribution in [3.8, 4) is 0 Å². The summed E-state index contributed by atoms with van der Waals surface area (Å²) in [6, 6.07) is 1.47. The van der Waals surface area contributed by atoms with Crippen molar-refractivity contribution < 1.29 is 4.42 Å². The van der Waals surface area contributed by atoms with Gasteiger partial charge in [-0.25, -0.2) is 4.98 Å². The van der Waals surface area contributed by atoms with Gasteiger partial charge in [-0.3, -0.25) is 0 Å². The van der Waals surface area contributed by atoms with Crippen molar-refractivity contribution >= 4 is 22.9 Å². The van der Waals surface area contributed by atoms with Gasteiger partial charge in [-0.15, -0.1) is 11.3 Å². The van der Waals surface area contributed by atoms with E-state index in [1.54, 1.807) is 17.4 Å². The fourth-order valence-electron chi connectivity index (χ4n) is 1.21. The van der Waals surface area contributed by atoms with Crippen LogP contribution in [0.3, 0.4) is 0 Å². The van der Waals surface area contributed by atoms with Crippen molar-refractivity contribution in [1.29, 1.82) is 0 Å². The molecule has 0 saturated carbocycles. The summed E-state index contributed by atoms with van der Waals surface area (Å²) in [7, 11) is 0. The summed E-state index contributed by atoms with van der Waals surface area (Å²) in [6.45, 7) is 1.94. The zero-order chi connectivity index (χ0) is 10.1. The van der Waals surface area contributed by atoms with Crippen LogP contribution >= 0.6 is 22.9 Å². The highest BCUT2D eigenvalue weighted by molar-refractivity contribution is 7.09. The molecular formula is C9H9ClN2OS. The Morgan fingerprint density at radius 3 is 2.93 bits per heavy atom. The lowest BCUT2D eigenvalue weighted by atomic mass is 10.1. The van der Waals surface area contributed by atoms with Crippen molar-refractivity contribution in [3.05, 3.63) is 39.2 Å². The van der Waals surface area contributed by atoms with E-state index in [0.29, 0.717) is 5.22 Å². The number of nitrogens with two attached hydrogens (primary N) is 1. The van der Waals surface area contributed by atoms with Gasteiger partial charge in [-0.05, 0) is 24.6 Å². The summed E-state index contributed by atoms with van der Waals surface area (Å²) in [4.78, 5) is 4.30. The topological polar surface area (TPSA) is 52.0 Å². The van der Waals surface area contributed by atoms with Crippen LogP contribution in [0.5, 0.6) is 0 Å². The third kappa shape index (κ3) is 1.68. The minimum atomic E-state index is -0.300. The average Bonchev–Trinajstić information content (AvgIpc) is 2.73. The molecule has 0 aliphatic carbocycles. The smallest absolute Gasteiger partial charge is 0.198 e. The SMILES string of the molecule is Cc1nc(C(N)c2ccoc2Cl)cs1. The van der Waals surface area contributed by atoms with Gasteiger partial charge in [-0.2, -0.15) is 0 Å². The highest BCUT2D eigenvalue weighted by atomic mass is 35.5. The van der Waals surface area contributed by atoms with E-state index in [4.69, 9.17) is 21.8 Å². The Hall–Kier alpha value is -0.840. The molecule has 0 aliphatic rings. The van der Waals surface area contributed by atoms with E-state index in [2.05, 4.69) is 4.98 Å². The predicted octanol–water partition coefficient (Wildman–Crippen LogP) is 2.75. The van der Waals surface area contributed by atoms with E-state index in [-0.39, 0.29) is 6.04 Å². The summed E-state index contributed by atoms with van der Waals surface area (Å²) >= 11 is 7.39. The number of aromatic nitrogens is 1. The fraction of sp³-hybridized carbons (Fsp3) is 0.222. The summed E-state index contributed by atoms with van der Waals surface area (Å²) < 4.78 is 4.97. The number of aryl methyl sites for hydroxylation is 1. The van der Waals surface area contributed by atoms with Crippen LogP contribution in [0.2, 0.25) is 5.22 Å². The number of halogens is 1. The molecule has 2 rings (SSSR count). The molecule has 5 heteroatoms. The Morgan fingerprint density at radius 1 is 1.64 bits per heavy atom. The van der Waals surface area contributed by atoms with E-state index in [0.717, 1.165) is 16.3 Å². The molecule has 2 heterocycles. The zero-order valence-electron chi connectivity index (χ0n) is 7.53. The maximum absolute atomic E-state index is 5.97. The monoisotopic (exact) mass is 228 g/mol. The molecule has 0 saturated heterocycles. The minimum Gasteiger partial charge on any atom is -0.453 e. The second kappa shape index (κ2) is 3.73. The highest BCUT2D eigenvalue weighted by Gasteiger charge is 2.16. The molecule has 74 valence electrons. The quantitative estimate of drug-likeness (QED) is 0.860. The van der Waals surface area contributed by atoms with E-state index in [1.165, 1.54) is 6.26 Å². The van der Waals surface area contributed by atoms with Gasteiger partial charge in [0.1, 0.15) is 0 Å². The van der Waals surface area contributed by atoms with Crippen LogP contribution in [0.15, 0.2) is 22.1 Å². The van der Waals surface area contributed by atoms with Crippen molar-refractivity contribution in [1.82, 2.24) is 4.98 Å². The standard InChI is InChI=1S/C9H9ClN2OS/c1-5-12-7(4-14-5)8(11)6-2-3-13-9(6)10/h2-4,8H,11H2,1H3. The normalized spacial score (nSPS) is 13.1. The van der Waals surface area contributed by atoms with Crippen LogP contribution in [0.4, 0.5) is 0 Å². The van der Waals surface area contributed by atoms with Gasteiger partial charge in [0.15, 0.2) is 5.22 Å². The van der Waals surface area contributed by atoms with Crippen molar-refractivity contribution in [2.45, 2.75) is 13.0 Å². The third-order valence-electron chi connectivity index (χ3n) is 1.94. The summed E-state index contributed by atoms with van der Waals surface area (Å²) in [5, 5.41) is 3.27. The molecule has 1 unspecified atom stereocenters. The first-order chi connectivity index (χ1) is 6.68. The summed E-state index contributed by atoms with van der Waals surface area (Å²) in [6.07, 6.45) is 1.52. The average molecular weight is 229 g/mol. The van der Waals surface area contributed by atoms with Gasteiger partial charge in [0.05, 0.1) is 23.0 Å². The second-order valence-corrected chi connectivity index (χ2v) is 4.32. The molecular weight excluding hydrogens is 220 g/mol. The van der Waals surface area contributed by atoms with Gasteiger partial charge in [0.25, 0.3) is 0 Å². The van der Waals surface area contributed by atoms with Crippen molar-refractivity contribution in [3.63, 3.8) is 0 Å². The minimum absolute atomic E-state index is 0.300. The molecule has 0 aromatic carbocycles. The van der Waals surface area contributed by atoms with Gasteiger partial charge >= 0.3 is 0 Å². The maximum Gasteiger partial charge on any atom is 0.198 e. The lowest BCUT2D eigenvalue weighted by Gasteiger charge is -2.05. The Kier molecular flexibility index (Phi) is 2.58. The first kappa shape index (κ1) is 9.71. The summed E-state index contributed by atoms with van der Waals surface area (Å²) in [5.41, 5.74) is 7.58. The largest absolute Gasteiger partial charge is 0.453 e. The lowest BCUT2D eigenvalue weighted by Crippen LogP contribution is -2.11. The van der Waals surface area contributed by atoms with E-state index in [1.807, 2.05) is 12.3 Å². The highest BCUT2D eigenvalue weighted by Crippen LogP contribution is 2.27. The fourth-order valence-corrected chi connectivity index (χ4v) is 2.09. The number of furan rings is 1. The number of hydrogen-bond donors (Lipinski definition) is 1. The van der Waals surface area contributed by atoms with E-state index in [9.17, 15) is 0 Å². The number of hydrogen-bond acceptors (Lipinski definition) is 4. The molecule has 2 aromatic rings. The molecule has 0 fully saturated rings. The van der Waals surface area contributed by atoms with E-state index < -0.39 is 0 Å². The molecule has 0 radical (unpaired) electrons. The van der Waals surface area contributed by atoms with Gasteiger partial charge in [-0.1, -0.05) is 0 Å². The lowest BCUT2D eigenvalue weighted by molar-refractivity contribution is 0.564. The maximum atomic E-state index is 5.97. The van der Waals surface area contributed by atoms with Gasteiger partial charge in [0, 0.05) is 10.9 Å². The van der Waals surface area contributed by atoms with Crippen LogP contribution in [0, 0.1) is 6.92 Å². The molecule has 0 spiro atoms. The molecule has 1 atom stereocenters. The number of rotatable bonds is 2. The van der Waals surface area contributed by atoms with Crippen molar-refractivity contribution in [2.75, 3.05) is 0 Å². The van der Waals surface area contributed by atoms with Gasteiger partial charge < -0.3 is 10.2 Å². The number of nitrogens with zero attached hydrogens (tertiary/aromatic N) is 1. The molecule has 2 N–H and O–H groups in total. The van der Waals surface area contributed by atoms with E-state index >= 15 is 0 Å². The zero-order valence-corrected chi connectivity index (χ0v) is 9.10.